The first-order valence-electron chi connectivity index (χ1n) is 6.55. The summed E-state index contributed by atoms with van der Waals surface area (Å²) < 4.78 is 5.67. The first-order valence-corrected chi connectivity index (χ1v) is 6.92. The molecule has 0 saturated carbocycles. The molecule has 2 aromatic carbocycles. The molecule has 0 aliphatic rings. The fraction of sp³-hybridized carbons (Fsp3) is 0.250. The van der Waals surface area contributed by atoms with Gasteiger partial charge in [0.15, 0.2) is 0 Å². The largest absolute Gasteiger partial charge is 0.492 e. The summed E-state index contributed by atoms with van der Waals surface area (Å²) in [6.45, 7) is 2.34. The standard InChI is InChI=1S/C16H19ClN2O.ClH/c1-19(12-13-3-2-4-15(18)11-13)9-10-20-16-7-5-14(17)6-8-16;/h2-8,11H,9-10,12,18H2,1H3;1H. The van der Waals surface area contributed by atoms with E-state index in [0.717, 1.165) is 29.5 Å². The van der Waals surface area contributed by atoms with E-state index in [1.165, 1.54) is 5.56 Å². The molecule has 0 aromatic heterocycles. The number of hydrogen-bond acceptors (Lipinski definition) is 3. The van der Waals surface area contributed by atoms with Crippen LogP contribution in [0.15, 0.2) is 48.5 Å². The summed E-state index contributed by atoms with van der Waals surface area (Å²) in [5.74, 6) is 0.840. The van der Waals surface area contributed by atoms with Crippen LogP contribution in [0.3, 0.4) is 0 Å². The predicted octanol–water partition coefficient (Wildman–Crippen LogP) is 3.85. The topological polar surface area (TPSA) is 38.5 Å². The molecule has 2 N–H and O–H groups in total. The van der Waals surface area contributed by atoms with Gasteiger partial charge in [0.2, 0.25) is 0 Å². The van der Waals surface area contributed by atoms with Crippen LogP contribution < -0.4 is 10.5 Å². The Bertz CT molecular complexity index is 546. The highest BCUT2D eigenvalue weighted by atomic mass is 35.5. The number of anilines is 1. The van der Waals surface area contributed by atoms with E-state index < -0.39 is 0 Å². The Morgan fingerprint density at radius 3 is 2.52 bits per heavy atom. The van der Waals surface area contributed by atoms with Gasteiger partial charge in [0.05, 0.1) is 0 Å². The summed E-state index contributed by atoms with van der Waals surface area (Å²) in [6, 6.07) is 15.3. The molecule has 114 valence electrons. The molecule has 3 nitrogen and oxygen atoms in total. The van der Waals surface area contributed by atoms with Gasteiger partial charge in [0.1, 0.15) is 12.4 Å². The van der Waals surface area contributed by atoms with Crippen LogP contribution in [0.1, 0.15) is 5.56 Å². The Hall–Kier alpha value is -1.42. The second-order valence-electron chi connectivity index (χ2n) is 4.79. The highest BCUT2D eigenvalue weighted by Crippen LogP contribution is 2.15. The zero-order valence-electron chi connectivity index (χ0n) is 12.0. The number of nitrogen functional groups attached to an aromatic ring is 1. The molecule has 0 fully saturated rings. The van der Waals surface area contributed by atoms with Gasteiger partial charge < -0.3 is 10.5 Å². The minimum absolute atomic E-state index is 0. The highest BCUT2D eigenvalue weighted by Gasteiger charge is 2.01. The Balaban J connectivity index is 0.00000220. The molecular weight excluding hydrogens is 307 g/mol. The second kappa shape index (κ2) is 8.78. The van der Waals surface area contributed by atoms with Gasteiger partial charge >= 0.3 is 0 Å². The van der Waals surface area contributed by atoms with Crippen LogP contribution in [-0.2, 0) is 6.54 Å². The lowest BCUT2D eigenvalue weighted by atomic mass is 10.2. The van der Waals surface area contributed by atoms with Crippen LogP contribution in [0.4, 0.5) is 5.69 Å². The first kappa shape index (κ1) is 17.6. The van der Waals surface area contributed by atoms with Crippen molar-refractivity contribution in [1.29, 1.82) is 0 Å². The van der Waals surface area contributed by atoms with Gasteiger partial charge in [-0.05, 0) is 49.0 Å². The van der Waals surface area contributed by atoms with Crippen LogP contribution >= 0.6 is 24.0 Å². The smallest absolute Gasteiger partial charge is 0.119 e. The Kier molecular flexibility index (Phi) is 7.37. The van der Waals surface area contributed by atoms with Gasteiger partial charge in [0.25, 0.3) is 0 Å². The molecule has 0 heterocycles. The quantitative estimate of drug-likeness (QED) is 0.819. The van der Waals surface area contributed by atoms with Crippen molar-refractivity contribution in [3.05, 3.63) is 59.1 Å². The van der Waals surface area contributed by atoms with Crippen molar-refractivity contribution >= 4 is 29.7 Å². The van der Waals surface area contributed by atoms with Crippen molar-refractivity contribution in [2.45, 2.75) is 6.54 Å². The third kappa shape index (κ3) is 6.25. The number of nitrogens with two attached hydrogens (primary N) is 1. The van der Waals surface area contributed by atoms with E-state index in [0.29, 0.717) is 6.61 Å². The maximum atomic E-state index is 5.83. The molecule has 2 rings (SSSR count). The molecule has 0 aliphatic carbocycles. The number of benzene rings is 2. The van der Waals surface area contributed by atoms with E-state index in [1.807, 2.05) is 42.5 Å². The molecule has 0 radical (unpaired) electrons. The number of nitrogens with zero attached hydrogens (tertiary/aromatic N) is 1. The van der Waals surface area contributed by atoms with Gasteiger partial charge in [-0.25, -0.2) is 0 Å². The van der Waals surface area contributed by atoms with Crippen molar-refractivity contribution in [1.82, 2.24) is 4.90 Å². The van der Waals surface area contributed by atoms with Crippen molar-refractivity contribution in [2.75, 3.05) is 25.9 Å². The van der Waals surface area contributed by atoms with Gasteiger partial charge in [0, 0.05) is 23.8 Å². The van der Waals surface area contributed by atoms with Crippen molar-refractivity contribution in [3.8, 4) is 5.75 Å². The normalized spacial score (nSPS) is 10.2. The molecule has 2 aromatic rings. The minimum atomic E-state index is 0. The van der Waals surface area contributed by atoms with Crippen molar-refractivity contribution in [3.63, 3.8) is 0 Å². The molecule has 0 unspecified atom stereocenters. The molecule has 0 spiro atoms. The number of hydrogen-bond donors (Lipinski definition) is 1. The van der Waals surface area contributed by atoms with Crippen LogP contribution in [0, 0.1) is 0 Å². The Morgan fingerprint density at radius 2 is 1.86 bits per heavy atom. The average molecular weight is 327 g/mol. The maximum absolute atomic E-state index is 5.83. The number of rotatable bonds is 6. The third-order valence-corrected chi connectivity index (χ3v) is 3.21. The summed E-state index contributed by atoms with van der Waals surface area (Å²) >= 11 is 5.83. The van der Waals surface area contributed by atoms with E-state index >= 15 is 0 Å². The van der Waals surface area contributed by atoms with E-state index in [1.54, 1.807) is 0 Å². The van der Waals surface area contributed by atoms with Gasteiger partial charge in [-0.1, -0.05) is 23.7 Å². The second-order valence-corrected chi connectivity index (χ2v) is 5.22. The van der Waals surface area contributed by atoms with Gasteiger partial charge in [-0.3, -0.25) is 4.90 Å². The monoisotopic (exact) mass is 326 g/mol. The summed E-state index contributed by atoms with van der Waals surface area (Å²) in [5, 5.41) is 0.719. The van der Waals surface area contributed by atoms with Gasteiger partial charge in [-0.15, -0.1) is 12.4 Å². The summed E-state index contributed by atoms with van der Waals surface area (Å²) in [7, 11) is 2.06. The molecule has 0 bridgehead atoms. The van der Waals surface area contributed by atoms with Crippen LogP contribution in [0.25, 0.3) is 0 Å². The van der Waals surface area contributed by atoms with E-state index in [9.17, 15) is 0 Å². The number of halogens is 2. The van der Waals surface area contributed by atoms with Gasteiger partial charge in [-0.2, -0.15) is 0 Å². The summed E-state index contributed by atoms with van der Waals surface area (Å²) in [6.07, 6.45) is 0. The highest BCUT2D eigenvalue weighted by molar-refractivity contribution is 6.30. The van der Waals surface area contributed by atoms with Crippen molar-refractivity contribution < 1.29 is 4.74 Å². The third-order valence-electron chi connectivity index (χ3n) is 2.96. The Morgan fingerprint density at radius 1 is 1.14 bits per heavy atom. The number of ether oxygens (including phenoxy) is 1. The molecule has 0 aliphatic heterocycles. The SMILES string of the molecule is CN(CCOc1ccc(Cl)cc1)Cc1cccc(N)c1.Cl. The molecule has 0 saturated heterocycles. The van der Waals surface area contributed by atoms with E-state index in [-0.39, 0.29) is 12.4 Å². The molecule has 0 amide bonds. The zero-order valence-corrected chi connectivity index (χ0v) is 13.5. The maximum Gasteiger partial charge on any atom is 0.119 e. The molecule has 5 heteroatoms. The van der Waals surface area contributed by atoms with E-state index in [4.69, 9.17) is 22.1 Å². The molecular formula is C16H20Cl2N2O. The fourth-order valence-corrected chi connectivity index (χ4v) is 2.06. The summed E-state index contributed by atoms with van der Waals surface area (Å²) in [5.41, 5.74) is 7.78. The van der Waals surface area contributed by atoms with Crippen molar-refractivity contribution in [2.24, 2.45) is 0 Å². The minimum Gasteiger partial charge on any atom is -0.492 e. The number of likely N-dealkylation sites (N-methyl/N-ethyl adjacent to an activating group) is 1. The van der Waals surface area contributed by atoms with Crippen LogP contribution in [0.2, 0.25) is 5.02 Å². The lowest BCUT2D eigenvalue weighted by Crippen LogP contribution is -2.23. The van der Waals surface area contributed by atoms with Crippen LogP contribution in [0.5, 0.6) is 5.75 Å². The zero-order chi connectivity index (χ0) is 14.4. The average Bonchev–Trinajstić information content (AvgIpc) is 2.41. The van der Waals surface area contributed by atoms with E-state index in [2.05, 4.69) is 18.0 Å². The Labute approximate surface area is 137 Å². The lowest BCUT2D eigenvalue weighted by Gasteiger charge is -2.17. The first-order chi connectivity index (χ1) is 9.63. The fourth-order valence-electron chi connectivity index (χ4n) is 1.93. The lowest BCUT2D eigenvalue weighted by molar-refractivity contribution is 0.233. The summed E-state index contributed by atoms with van der Waals surface area (Å²) in [4.78, 5) is 2.20. The predicted molar refractivity (Wildman–Crippen MR) is 91.4 cm³/mol. The molecule has 0 atom stereocenters. The molecule has 21 heavy (non-hydrogen) atoms. The van der Waals surface area contributed by atoms with Crippen LogP contribution in [-0.4, -0.2) is 25.1 Å².